The first kappa shape index (κ1) is 21.7. The number of carbonyl (C=O) groups is 1. The monoisotopic (exact) mass is 454 g/mol. The summed E-state index contributed by atoms with van der Waals surface area (Å²) in [4.78, 5) is 15.2. The Labute approximate surface area is 192 Å². The Balaban J connectivity index is 1.35. The van der Waals surface area contributed by atoms with E-state index >= 15 is 0 Å². The highest BCUT2D eigenvalue weighted by molar-refractivity contribution is 6.35. The van der Waals surface area contributed by atoms with Crippen LogP contribution in [-0.2, 0) is 11.3 Å². The van der Waals surface area contributed by atoms with Crippen LogP contribution in [0.15, 0.2) is 72.8 Å². The van der Waals surface area contributed by atoms with Crippen LogP contribution in [0.25, 0.3) is 0 Å². The highest BCUT2D eigenvalue weighted by Crippen LogP contribution is 2.31. The van der Waals surface area contributed by atoms with E-state index in [2.05, 4.69) is 10.2 Å². The molecule has 1 amide bonds. The molecule has 3 aromatic rings. The average Bonchev–Trinajstić information content (AvgIpc) is 2.79. The summed E-state index contributed by atoms with van der Waals surface area (Å²) in [5, 5.41) is 4.42. The van der Waals surface area contributed by atoms with Crippen LogP contribution in [0.1, 0.15) is 18.4 Å². The number of halogens is 2. The molecular weight excluding hydrogens is 431 g/mol. The van der Waals surface area contributed by atoms with E-state index in [0.717, 1.165) is 37.2 Å². The van der Waals surface area contributed by atoms with Crippen LogP contribution in [-0.4, -0.2) is 23.9 Å². The first-order chi connectivity index (χ1) is 15.1. The molecule has 1 fully saturated rings. The predicted molar refractivity (Wildman–Crippen MR) is 126 cm³/mol. The van der Waals surface area contributed by atoms with Crippen LogP contribution in [0.3, 0.4) is 0 Å². The van der Waals surface area contributed by atoms with Crippen molar-refractivity contribution in [3.05, 3.63) is 88.4 Å². The molecule has 0 bridgehead atoms. The first-order valence-corrected chi connectivity index (χ1v) is 11.1. The van der Waals surface area contributed by atoms with E-state index in [1.54, 1.807) is 0 Å². The summed E-state index contributed by atoms with van der Waals surface area (Å²) in [5.41, 5.74) is 1.63. The summed E-state index contributed by atoms with van der Waals surface area (Å²) in [6, 6.07) is 22.6. The van der Waals surface area contributed by atoms with Gasteiger partial charge >= 0.3 is 0 Å². The quantitative estimate of drug-likeness (QED) is 0.453. The maximum Gasteiger partial charge on any atom is 0.227 e. The van der Waals surface area contributed by atoms with Gasteiger partial charge in [0.15, 0.2) is 5.75 Å². The van der Waals surface area contributed by atoms with E-state index in [1.165, 1.54) is 0 Å². The van der Waals surface area contributed by atoms with Gasteiger partial charge in [-0.1, -0.05) is 59.6 Å². The zero-order valence-electron chi connectivity index (χ0n) is 17.1. The van der Waals surface area contributed by atoms with Gasteiger partial charge in [0.05, 0.1) is 5.69 Å². The van der Waals surface area contributed by atoms with E-state index in [4.69, 9.17) is 27.9 Å². The lowest BCUT2D eigenvalue weighted by Gasteiger charge is -2.31. The zero-order chi connectivity index (χ0) is 21.6. The lowest BCUT2D eigenvalue weighted by molar-refractivity contribution is -0.121. The van der Waals surface area contributed by atoms with Crippen LogP contribution in [0.5, 0.6) is 11.5 Å². The van der Waals surface area contributed by atoms with Gasteiger partial charge in [0.1, 0.15) is 5.75 Å². The number of carbonyl (C=O) groups excluding carboxylic acids is 1. The molecule has 0 aliphatic carbocycles. The van der Waals surface area contributed by atoms with Crippen molar-refractivity contribution >= 4 is 34.8 Å². The third kappa shape index (κ3) is 5.59. The van der Waals surface area contributed by atoms with Crippen molar-refractivity contribution in [1.29, 1.82) is 0 Å². The van der Waals surface area contributed by atoms with Gasteiger partial charge in [-0.25, -0.2) is 0 Å². The van der Waals surface area contributed by atoms with E-state index in [-0.39, 0.29) is 11.8 Å². The number of nitrogens with one attached hydrogen (secondary N) is 1. The molecule has 160 valence electrons. The number of rotatable bonds is 6. The molecule has 0 radical (unpaired) electrons. The number of ether oxygens (including phenoxy) is 1. The van der Waals surface area contributed by atoms with Crippen LogP contribution < -0.4 is 10.1 Å². The highest BCUT2D eigenvalue weighted by Gasteiger charge is 2.26. The minimum atomic E-state index is -0.0391. The number of nitrogens with zero attached hydrogens (tertiary/aromatic N) is 1. The van der Waals surface area contributed by atoms with Crippen molar-refractivity contribution in [2.75, 3.05) is 18.4 Å². The molecule has 6 heteroatoms. The summed E-state index contributed by atoms with van der Waals surface area (Å²) >= 11 is 12.6. The van der Waals surface area contributed by atoms with Crippen LogP contribution in [0.4, 0.5) is 5.69 Å². The van der Waals surface area contributed by atoms with Gasteiger partial charge in [0.25, 0.3) is 0 Å². The third-order valence-electron chi connectivity index (χ3n) is 5.52. The Morgan fingerprint density at radius 3 is 2.26 bits per heavy atom. The maximum atomic E-state index is 12.9. The standard InChI is InChI=1S/C25H24Cl2N2O2/c26-21-9-6-10-22(27)20(21)17-29-15-13-18(14-16-29)25(30)28-23-11-4-5-12-24(23)31-19-7-2-1-3-8-19/h1-12,18H,13-17H2,(H,28,30). The molecule has 0 aromatic heterocycles. The topological polar surface area (TPSA) is 41.6 Å². The minimum absolute atomic E-state index is 0.0273. The van der Waals surface area contributed by atoms with Crippen molar-refractivity contribution in [2.45, 2.75) is 19.4 Å². The molecule has 0 unspecified atom stereocenters. The zero-order valence-corrected chi connectivity index (χ0v) is 18.6. The molecule has 1 N–H and O–H groups in total. The maximum absolute atomic E-state index is 12.9. The predicted octanol–water partition coefficient (Wildman–Crippen LogP) is 6.64. The second kappa shape index (κ2) is 10.2. The number of piperidine rings is 1. The first-order valence-electron chi connectivity index (χ1n) is 10.4. The Morgan fingerprint density at radius 2 is 1.55 bits per heavy atom. The van der Waals surface area contributed by atoms with Crippen molar-refractivity contribution in [3.8, 4) is 11.5 Å². The fourth-order valence-corrected chi connectivity index (χ4v) is 4.29. The molecule has 4 nitrogen and oxygen atoms in total. The molecule has 0 atom stereocenters. The number of para-hydroxylation sites is 3. The Morgan fingerprint density at radius 1 is 0.903 bits per heavy atom. The number of anilines is 1. The van der Waals surface area contributed by atoms with E-state index in [0.29, 0.717) is 28.0 Å². The van der Waals surface area contributed by atoms with Crippen LogP contribution in [0.2, 0.25) is 10.0 Å². The second-order valence-corrected chi connectivity index (χ2v) is 8.47. The van der Waals surface area contributed by atoms with Gasteiger partial charge in [-0.15, -0.1) is 0 Å². The molecular formula is C25H24Cl2N2O2. The lowest BCUT2D eigenvalue weighted by Crippen LogP contribution is -2.37. The average molecular weight is 455 g/mol. The molecule has 4 rings (SSSR count). The lowest BCUT2D eigenvalue weighted by atomic mass is 9.95. The minimum Gasteiger partial charge on any atom is -0.455 e. The Hall–Kier alpha value is -2.53. The molecule has 3 aromatic carbocycles. The fourth-order valence-electron chi connectivity index (χ4n) is 3.77. The van der Waals surface area contributed by atoms with Gasteiger partial charge < -0.3 is 10.1 Å². The fraction of sp³-hybridized carbons (Fsp3) is 0.240. The largest absolute Gasteiger partial charge is 0.455 e. The van der Waals surface area contributed by atoms with Gasteiger partial charge in [-0.05, 0) is 62.3 Å². The summed E-state index contributed by atoms with van der Waals surface area (Å²) in [6.45, 7) is 2.34. The molecule has 31 heavy (non-hydrogen) atoms. The van der Waals surface area contributed by atoms with Gasteiger partial charge in [0.2, 0.25) is 5.91 Å². The van der Waals surface area contributed by atoms with Crippen molar-refractivity contribution < 1.29 is 9.53 Å². The van der Waals surface area contributed by atoms with Crippen LogP contribution >= 0.6 is 23.2 Å². The number of likely N-dealkylation sites (tertiary alicyclic amines) is 1. The van der Waals surface area contributed by atoms with Gasteiger partial charge in [0, 0.05) is 28.1 Å². The number of benzene rings is 3. The SMILES string of the molecule is O=C(Nc1ccccc1Oc1ccccc1)C1CCN(Cc2c(Cl)cccc2Cl)CC1. The summed E-state index contributed by atoms with van der Waals surface area (Å²) < 4.78 is 5.96. The normalized spacial score (nSPS) is 14.9. The van der Waals surface area contributed by atoms with Gasteiger partial charge in [-0.3, -0.25) is 9.69 Å². The highest BCUT2D eigenvalue weighted by atomic mass is 35.5. The van der Waals surface area contributed by atoms with Crippen molar-refractivity contribution in [2.24, 2.45) is 5.92 Å². The third-order valence-corrected chi connectivity index (χ3v) is 6.23. The van der Waals surface area contributed by atoms with Crippen molar-refractivity contribution in [1.82, 2.24) is 4.90 Å². The van der Waals surface area contributed by atoms with E-state index < -0.39 is 0 Å². The molecule has 0 saturated carbocycles. The molecule has 0 spiro atoms. The second-order valence-electron chi connectivity index (χ2n) is 7.65. The molecule has 1 aliphatic rings. The Bertz CT molecular complexity index is 1010. The molecule has 1 saturated heterocycles. The number of hydrogen-bond donors (Lipinski definition) is 1. The van der Waals surface area contributed by atoms with Crippen LogP contribution in [0, 0.1) is 5.92 Å². The van der Waals surface area contributed by atoms with Crippen molar-refractivity contribution in [3.63, 3.8) is 0 Å². The number of hydrogen-bond acceptors (Lipinski definition) is 3. The van der Waals surface area contributed by atoms with Gasteiger partial charge in [-0.2, -0.15) is 0 Å². The number of amides is 1. The molecule has 1 aliphatic heterocycles. The molecule has 1 heterocycles. The summed E-state index contributed by atoms with van der Waals surface area (Å²) in [6.07, 6.45) is 1.57. The Kier molecular flexibility index (Phi) is 7.13. The smallest absolute Gasteiger partial charge is 0.227 e. The summed E-state index contributed by atoms with van der Waals surface area (Å²) in [5.74, 6) is 1.35. The van der Waals surface area contributed by atoms with E-state index in [1.807, 2.05) is 72.8 Å². The summed E-state index contributed by atoms with van der Waals surface area (Å²) in [7, 11) is 0. The van der Waals surface area contributed by atoms with E-state index in [9.17, 15) is 4.79 Å².